The van der Waals surface area contributed by atoms with E-state index in [0.29, 0.717) is 18.0 Å². The van der Waals surface area contributed by atoms with Crippen molar-refractivity contribution in [1.29, 1.82) is 0 Å². The van der Waals surface area contributed by atoms with Crippen LogP contribution in [-0.4, -0.2) is 0 Å². The Kier molecular flexibility index (Phi) is 4.72. The Morgan fingerprint density at radius 3 is 2.15 bits per heavy atom. The van der Waals surface area contributed by atoms with Gasteiger partial charge in [0.1, 0.15) is 11.6 Å². The molecule has 0 saturated carbocycles. The second-order valence-electron chi connectivity index (χ2n) is 5.06. The van der Waals surface area contributed by atoms with E-state index in [2.05, 4.69) is 31.3 Å². The first-order chi connectivity index (χ1) is 9.58. The van der Waals surface area contributed by atoms with Crippen LogP contribution in [-0.2, 0) is 6.54 Å². The van der Waals surface area contributed by atoms with E-state index >= 15 is 0 Å². The van der Waals surface area contributed by atoms with Crippen LogP contribution in [0, 0.1) is 11.6 Å². The number of benzene rings is 2. The van der Waals surface area contributed by atoms with Gasteiger partial charge in [-0.25, -0.2) is 8.78 Å². The summed E-state index contributed by atoms with van der Waals surface area (Å²) in [5.74, 6) is -0.552. The smallest absolute Gasteiger partial charge is 0.126 e. The predicted octanol–water partition coefficient (Wildman–Crippen LogP) is 5.09. The van der Waals surface area contributed by atoms with Gasteiger partial charge in [0.05, 0.1) is 0 Å². The maximum Gasteiger partial charge on any atom is 0.126 e. The van der Waals surface area contributed by atoms with Gasteiger partial charge in [-0.05, 0) is 47.7 Å². The summed E-state index contributed by atoms with van der Waals surface area (Å²) in [7, 11) is 0. The zero-order valence-electron chi connectivity index (χ0n) is 11.8. The summed E-state index contributed by atoms with van der Waals surface area (Å²) < 4.78 is 26.1. The van der Waals surface area contributed by atoms with Crippen LogP contribution < -0.4 is 5.32 Å². The third-order valence-corrected chi connectivity index (χ3v) is 3.51. The molecule has 3 heteroatoms. The van der Waals surface area contributed by atoms with E-state index in [1.807, 2.05) is 12.1 Å². The molecular weight excluding hydrogens is 256 g/mol. The zero-order chi connectivity index (χ0) is 14.5. The quantitative estimate of drug-likeness (QED) is 0.801. The third-order valence-electron chi connectivity index (χ3n) is 3.51. The van der Waals surface area contributed by atoms with E-state index in [1.165, 1.54) is 17.7 Å². The van der Waals surface area contributed by atoms with Gasteiger partial charge in [0.15, 0.2) is 0 Å². The fourth-order valence-electron chi connectivity index (χ4n) is 2.08. The Labute approximate surface area is 118 Å². The van der Waals surface area contributed by atoms with E-state index in [4.69, 9.17) is 0 Å². The molecule has 1 unspecified atom stereocenters. The minimum absolute atomic E-state index is 0.400. The first-order valence-corrected chi connectivity index (χ1v) is 6.87. The molecule has 0 fully saturated rings. The molecule has 0 spiro atoms. The van der Waals surface area contributed by atoms with Crippen molar-refractivity contribution in [2.45, 2.75) is 32.7 Å². The van der Waals surface area contributed by atoms with Crippen LogP contribution >= 0.6 is 0 Å². The van der Waals surface area contributed by atoms with Crippen LogP contribution in [0.3, 0.4) is 0 Å². The molecule has 0 radical (unpaired) electrons. The van der Waals surface area contributed by atoms with Gasteiger partial charge in [0.2, 0.25) is 0 Å². The molecule has 106 valence electrons. The summed E-state index contributed by atoms with van der Waals surface area (Å²) >= 11 is 0. The lowest BCUT2D eigenvalue weighted by atomic mass is 9.99. The molecule has 1 nitrogen and oxygen atoms in total. The van der Waals surface area contributed by atoms with Gasteiger partial charge in [-0.3, -0.25) is 0 Å². The van der Waals surface area contributed by atoms with Crippen molar-refractivity contribution in [2.24, 2.45) is 0 Å². The Morgan fingerprint density at radius 1 is 1.00 bits per heavy atom. The molecule has 2 aromatic rings. The number of hydrogen-bond acceptors (Lipinski definition) is 1. The average Bonchev–Trinajstić information content (AvgIpc) is 2.44. The summed E-state index contributed by atoms with van der Waals surface area (Å²) in [6.45, 7) is 4.75. The van der Waals surface area contributed by atoms with Crippen LogP contribution in [0.25, 0.3) is 0 Å². The minimum atomic E-state index is -0.547. The molecule has 0 heterocycles. The number of hydrogen-bond donors (Lipinski definition) is 1. The second kappa shape index (κ2) is 6.51. The van der Waals surface area contributed by atoms with Crippen molar-refractivity contribution >= 4 is 5.69 Å². The normalized spacial score (nSPS) is 12.2. The molecular formula is C17H19F2N. The van der Waals surface area contributed by atoms with Crippen LogP contribution in [0.5, 0.6) is 0 Å². The van der Waals surface area contributed by atoms with Gasteiger partial charge in [0.25, 0.3) is 0 Å². The monoisotopic (exact) mass is 275 g/mol. The van der Waals surface area contributed by atoms with Gasteiger partial charge in [-0.1, -0.05) is 26.0 Å². The number of halogens is 2. The zero-order valence-corrected chi connectivity index (χ0v) is 11.8. The Morgan fingerprint density at radius 2 is 1.60 bits per heavy atom. The molecule has 20 heavy (non-hydrogen) atoms. The van der Waals surface area contributed by atoms with Crippen molar-refractivity contribution in [3.63, 3.8) is 0 Å². The maximum absolute atomic E-state index is 13.1. The van der Waals surface area contributed by atoms with E-state index in [-0.39, 0.29) is 0 Å². The van der Waals surface area contributed by atoms with Crippen molar-refractivity contribution < 1.29 is 8.78 Å². The maximum atomic E-state index is 13.1. The number of anilines is 1. The van der Waals surface area contributed by atoms with Gasteiger partial charge in [-0.2, -0.15) is 0 Å². The summed E-state index contributed by atoms with van der Waals surface area (Å²) in [5.41, 5.74) is 2.84. The highest BCUT2D eigenvalue weighted by molar-refractivity contribution is 5.45. The summed E-state index contributed by atoms with van der Waals surface area (Å²) in [6, 6.07) is 11.7. The molecule has 0 saturated heterocycles. The molecule has 0 aliphatic heterocycles. The lowest BCUT2D eigenvalue weighted by molar-refractivity contribution is 0.580. The predicted molar refractivity (Wildman–Crippen MR) is 78.8 cm³/mol. The fourth-order valence-corrected chi connectivity index (χ4v) is 2.08. The number of rotatable bonds is 5. The third kappa shape index (κ3) is 3.80. The van der Waals surface area contributed by atoms with E-state index in [9.17, 15) is 8.78 Å². The van der Waals surface area contributed by atoms with Crippen molar-refractivity contribution in [3.8, 4) is 0 Å². The van der Waals surface area contributed by atoms with Crippen LogP contribution in [0.4, 0.5) is 14.5 Å². The lowest BCUT2D eigenvalue weighted by Crippen LogP contribution is -2.01. The largest absolute Gasteiger partial charge is 0.381 e. The van der Waals surface area contributed by atoms with Crippen molar-refractivity contribution in [1.82, 2.24) is 0 Å². The van der Waals surface area contributed by atoms with E-state index < -0.39 is 11.6 Å². The highest BCUT2D eigenvalue weighted by atomic mass is 19.1. The summed E-state index contributed by atoms with van der Waals surface area (Å²) in [5, 5.41) is 3.17. The SMILES string of the molecule is CCC(C)c1ccc(NCc2cc(F)cc(F)c2)cc1. The Hall–Kier alpha value is -1.90. The molecule has 1 atom stereocenters. The first kappa shape index (κ1) is 14.5. The molecule has 0 aliphatic rings. The molecule has 2 rings (SSSR count). The number of nitrogens with one attached hydrogen (secondary N) is 1. The van der Waals surface area contributed by atoms with Gasteiger partial charge in [-0.15, -0.1) is 0 Å². The molecule has 0 bridgehead atoms. The van der Waals surface area contributed by atoms with Crippen molar-refractivity contribution in [2.75, 3.05) is 5.32 Å². The molecule has 1 N–H and O–H groups in total. The summed E-state index contributed by atoms with van der Waals surface area (Å²) in [6.07, 6.45) is 1.11. The molecule has 0 amide bonds. The van der Waals surface area contributed by atoms with Crippen LogP contribution in [0.15, 0.2) is 42.5 Å². The molecule has 0 aromatic heterocycles. The standard InChI is InChI=1S/C17H19F2N/c1-3-12(2)14-4-6-17(7-5-14)20-11-13-8-15(18)10-16(19)9-13/h4-10,12,20H,3,11H2,1-2H3. The van der Waals surface area contributed by atoms with E-state index in [1.54, 1.807) is 0 Å². The van der Waals surface area contributed by atoms with Crippen LogP contribution in [0.1, 0.15) is 37.3 Å². The fraction of sp³-hybridized carbons (Fsp3) is 0.294. The lowest BCUT2D eigenvalue weighted by Gasteiger charge is -2.11. The topological polar surface area (TPSA) is 12.0 Å². The van der Waals surface area contributed by atoms with Gasteiger partial charge >= 0.3 is 0 Å². The van der Waals surface area contributed by atoms with E-state index in [0.717, 1.165) is 18.2 Å². The average molecular weight is 275 g/mol. The Bertz CT molecular complexity index is 543. The molecule has 0 aliphatic carbocycles. The summed E-state index contributed by atoms with van der Waals surface area (Å²) in [4.78, 5) is 0. The van der Waals surface area contributed by atoms with Gasteiger partial charge in [0, 0.05) is 18.3 Å². The highest BCUT2D eigenvalue weighted by Crippen LogP contribution is 2.21. The minimum Gasteiger partial charge on any atom is -0.381 e. The first-order valence-electron chi connectivity index (χ1n) is 6.87. The highest BCUT2D eigenvalue weighted by Gasteiger charge is 2.03. The van der Waals surface area contributed by atoms with Gasteiger partial charge < -0.3 is 5.32 Å². The molecule has 2 aromatic carbocycles. The second-order valence-corrected chi connectivity index (χ2v) is 5.06. The Balaban J connectivity index is 2.00. The van der Waals surface area contributed by atoms with Crippen molar-refractivity contribution in [3.05, 3.63) is 65.2 Å². The van der Waals surface area contributed by atoms with Crippen LogP contribution in [0.2, 0.25) is 0 Å².